The van der Waals surface area contributed by atoms with Gasteiger partial charge in [-0.05, 0) is 40.9 Å². The van der Waals surface area contributed by atoms with Crippen molar-refractivity contribution in [1.82, 2.24) is 10.2 Å². The zero-order valence-electron chi connectivity index (χ0n) is 18.9. The maximum absolute atomic E-state index is 13.2. The monoisotopic (exact) mass is 423 g/mol. The second-order valence-corrected chi connectivity index (χ2v) is 10.2. The van der Waals surface area contributed by atoms with Crippen LogP contribution in [0.5, 0.6) is 0 Å². The molecule has 1 saturated heterocycles. The molecule has 1 aliphatic rings. The van der Waals surface area contributed by atoms with Crippen LogP contribution in [0.3, 0.4) is 0 Å². The number of nitrogens with zero attached hydrogens (tertiary/aromatic N) is 1. The van der Waals surface area contributed by atoms with Gasteiger partial charge in [0.15, 0.2) is 0 Å². The first-order valence-electron chi connectivity index (χ1n) is 10.3. The van der Waals surface area contributed by atoms with Crippen molar-refractivity contribution >= 4 is 24.2 Å². The van der Waals surface area contributed by atoms with Crippen molar-refractivity contribution in [2.45, 2.75) is 72.4 Å². The van der Waals surface area contributed by atoms with Gasteiger partial charge >= 0.3 is 0 Å². The zero-order valence-corrected chi connectivity index (χ0v) is 19.7. The summed E-state index contributed by atoms with van der Waals surface area (Å²) in [7, 11) is 0. The Balaban J connectivity index is 0.00000420. The van der Waals surface area contributed by atoms with E-state index in [1.807, 2.05) is 43.0 Å². The lowest BCUT2D eigenvalue weighted by atomic mass is 9.79. The first-order valence-corrected chi connectivity index (χ1v) is 10.3. The van der Waals surface area contributed by atoms with Crippen LogP contribution in [-0.2, 0) is 10.2 Å². The Kier molecular flexibility index (Phi) is 8.32. The summed E-state index contributed by atoms with van der Waals surface area (Å²) in [6.45, 7) is 15.8. The topological polar surface area (TPSA) is 75.4 Å². The first kappa shape index (κ1) is 25.4. The van der Waals surface area contributed by atoms with Gasteiger partial charge in [0.1, 0.15) is 6.04 Å². The molecular weight excluding hydrogens is 386 g/mol. The maximum atomic E-state index is 13.2. The van der Waals surface area contributed by atoms with E-state index in [2.05, 4.69) is 39.9 Å². The lowest BCUT2D eigenvalue weighted by Crippen LogP contribution is -2.59. The van der Waals surface area contributed by atoms with Crippen molar-refractivity contribution in [3.63, 3.8) is 0 Å². The average molecular weight is 424 g/mol. The molecule has 1 heterocycles. The van der Waals surface area contributed by atoms with Gasteiger partial charge in [-0.15, -0.1) is 12.4 Å². The van der Waals surface area contributed by atoms with Gasteiger partial charge in [0.2, 0.25) is 5.91 Å². The molecule has 1 fully saturated rings. The summed E-state index contributed by atoms with van der Waals surface area (Å²) in [4.78, 5) is 27.8. The average Bonchev–Trinajstić information content (AvgIpc) is 2.60. The molecule has 1 aliphatic heterocycles. The fraction of sp³-hybridized carbons (Fsp3) is 0.652. The lowest BCUT2D eigenvalue weighted by molar-refractivity contribution is -0.137. The largest absolute Gasteiger partial charge is 0.340 e. The predicted octanol–water partition coefficient (Wildman–Crippen LogP) is 3.75. The van der Waals surface area contributed by atoms with Crippen molar-refractivity contribution in [2.24, 2.45) is 17.1 Å². The molecule has 0 aromatic heterocycles. The lowest BCUT2D eigenvalue weighted by Gasteiger charge is -2.44. The van der Waals surface area contributed by atoms with Gasteiger partial charge in [0.05, 0.1) is 0 Å². The maximum Gasteiger partial charge on any atom is 0.251 e. The Morgan fingerprint density at radius 3 is 2.17 bits per heavy atom. The number of hydrogen-bond acceptors (Lipinski definition) is 3. The third-order valence-corrected chi connectivity index (χ3v) is 5.86. The number of carbonyl (C=O) groups is 2. The van der Waals surface area contributed by atoms with Crippen LogP contribution >= 0.6 is 12.4 Å². The third-order valence-electron chi connectivity index (χ3n) is 5.86. The molecule has 2 amide bonds. The molecule has 1 aromatic rings. The van der Waals surface area contributed by atoms with Crippen molar-refractivity contribution in [1.29, 1.82) is 0 Å². The van der Waals surface area contributed by atoms with E-state index >= 15 is 0 Å². The van der Waals surface area contributed by atoms with Crippen LogP contribution in [0.4, 0.5) is 0 Å². The van der Waals surface area contributed by atoms with Gasteiger partial charge in [0, 0.05) is 24.7 Å². The van der Waals surface area contributed by atoms with Gasteiger partial charge in [-0.1, -0.05) is 60.6 Å². The predicted molar refractivity (Wildman–Crippen MR) is 121 cm³/mol. The second-order valence-electron chi connectivity index (χ2n) is 10.2. The van der Waals surface area contributed by atoms with Gasteiger partial charge in [0.25, 0.3) is 5.91 Å². The van der Waals surface area contributed by atoms with E-state index in [4.69, 9.17) is 5.73 Å². The summed E-state index contributed by atoms with van der Waals surface area (Å²) in [5, 5.41) is 2.97. The Bertz CT molecular complexity index is 708. The molecular formula is C23H38ClN3O2. The smallest absolute Gasteiger partial charge is 0.251 e. The molecule has 164 valence electrons. The number of nitrogens with two attached hydrogens (primary N) is 1. The van der Waals surface area contributed by atoms with Crippen LogP contribution in [0.15, 0.2) is 24.3 Å². The molecule has 2 atom stereocenters. The second kappa shape index (κ2) is 9.48. The Hall–Kier alpha value is -1.59. The van der Waals surface area contributed by atoms with Crippen molar-refractivity contribution < 1.29 is 9.59 Å². The SMILES string of the molecule is CC(C)C(NC(=O)c1ccc(C(C)(C)C)cc1)C(=O)N1CCC(N)C(C)(C)C1.Cl. The fourth-order valence-corrected chi connectivity index (χ4v) is 3.62. The van der Waals surface area contributed by atoms with E-state index in [-0.39, 0.29) is 47.0 Å². The molecule has 0 bridgehead atoms. The van der Waals surface area contributed by atoms with Gasteiger partial charge in [-0.25, -0.2) is 0 Å². The quantitative estimate of drug-likeness (QED) is 0.774. The minimum Gasteiger partial charge on any atom is -0.340 e. The van der Waals surface area contributed by atoms with Crippen LogP contribution in [0.2, 0.25) is 0 Å². The summed E-state index contributed by atoms with van der Waals surface area (Å²) in [6.07, 6.45) is 0.783. The highest BCUT2D eigenvalue weighted by Gasteiger charge is 2.38. The molecule has 1 aromatic carbocycles. The highest BCUT2D eigenvalue weighted by Crippen LogP contribution is 2.28. The molecule has 0 radical (unpaired) electrons. The molecule has 3 N–H and O–H groups in total. The van der Waals surface area contributed by atoms with Crippen LogP contribution in [0.25, 0.3) is 0 Å². The van der Waals surface area contributed by atoms with Gasteiger partial charge < -0.3 is 16.0 Å². The summed E-state index contributed by atoms with van der Waals surface area (Å²) in [5.74, 6) is -0.223. The molecule has 6 heteroatoms. The highest BCUT2D eigenvalue weighted by molar-refractivity contribution is 5.97. The van der Waals surface area contributed by atoms with E-state index in [0.717, 1.165) is 6.42 Å². The molecule has 29 heavy (non-hydrogen) atoms. The zero-order chi connectivity index (χ0) is 21.3. The number of piperidine rings is 1. The Morgan fingerprint density at radius 2 is 1.72 bits per heavy atom. The van der Waals surface area contributed by atoms with Crippen LogP contribution in [-0.4, -0.2) is 41.9 Å². The van der Waals surface area contributed by atoms with Crippen LogP contribution < -0.4 is 11.1 Å². The summed E-state index contributed by atoms with van der Waals surface area (Å²) in [5.41, 5.74) is 7.86. The van der Waals surface area contributed by atoms with E-state index < -0.39 is 6.04 Å². The number of likely N-dealkylation sites (tertiary alicyclic amines) is 1. The van der Waals surface area contributed by atoms with E-state index in [1.165, 1.54) is 5.56 Å². The number of hydrogen-bond donors (Lipinski definition) is 2. The number of rotatable bonds is 4. The van der Waals surface area contributed by atoms with Crippen molar-refractivity contribution in [2.75, 3.05) is 13.1 Å². The number of halogens is 1. The molecule has 2 rings (SSSR count). The Labute approximate surface area is 182 Å². The third kappa shape index (κ3) is 6.19. The fourth-order valence-electron chi connectivity index (χ4n) is 3.62. The Morgan fingerprint density at radius 1 is 1.17 bits per heavy atom. The van der Waals surface area contributed by atoms with E-state index in [9.17, 15) is 9.59 Å². The number of benzene rings is 1. The molecule has 2 unspecified atom stereocenters. The van der Waals surface area contributed by atoms with E-state index in [1.54, 1.807) is 0 Å². The van der Waals surface area contributed by atoms with E-state index in [0.29, 0.717) is 18.7 Å². The molecule has 0 saturated carbocycles. The van der Waals surface area contributed by atoms with Crippen LogP contribution in [0, 0.1) is 11.3 Å². The summed E-state index contributed by atoms with van der Waals surface area (Å²) in [6, 6.07) is 7.18. The minimum atomic E-state index is -0.542. The van der Waals surface area contributed by atoms with Crippen molar-refractivity contribution in [3.05, 3.63) is 35.4 Å². The minimum absolute atomic E-state index is 0. The highest BCUT2D eigenvalue weighted by atomic mass is 35.5. The first-order chi connectivity index (χ1) is 12.8. The van der Waals surface area contributed by atoms with Crippen molar-refractivity contribution in [3.8, 4) is 0 Å². The molecule has 5 nitrogen and oxygen atoms in total. The number of nitrogens with one attached hydrogen (secondary N) is 1. The van der Waals surface area contributed by atoms with Crippen LogP contribution in [0.1, 0.15) is 70.8 Å². The number of carbonyl (C=O) groups excluding carboxylic acids is 2. The number of amides is 2. The molecule has 0 spiro atoms. The van der Waals surface area contributed by atoms with Gasteiger partial charge in [-0.2, -0.15) is 0 Å². The summed E-state index contributed by atoms with van der Waals surface area (Å²) < 4.78 is 0. The standard InChI is InChI=1S/C23H37N3O2.ClH/c1-15(2)19(21(28)26-13-12-18(24)23(6,7)14-26)25-20(27)16-8-10-17(11-9-16)22(3,4)5;/h8-11,15,18-19H,12-14,24H2,1-7H3,(H,25,27);1H. The normalized spacial score (nSPS) is 20.0. The summed E-state index contributed by atoms with van der Waals surface area (Å²) >= 11 is 0. The van der Waals surface area contributed by atoms with Gasteiger partial charge in [-0.3, -0.25) is 9.59 Å². The molecule has 0 aliphatic carbocycles.